The molecule has 0 fully saturated rings. The van der Waals surface area contributed by atoms with Gasteiger partial charge < -0.3 is 9.88 Å². The molecule has 0 aromatic carbocycles. The highest BCUT2D eigenvalue weighted by Crippen LogP contribution is 2.05. The summed E-state index contributed by atoms with van der Waals surface area (Å²) < 4.78 is 2.29. The Hall–Kier alpha value is -0.760. The van der Waals surface area contributed by atoms with Gasteiger partial charge in [0.1, 0.15) is 0 Å². The largest absolute Gasteiger partial charge is 0.354 e. The summed E-state index contributed by atoms with van der Waals surface area (Å²) in [6.45, 7) is 4.40. The van der Waals surface area contributed by atoms with E-state index in [4.69, 9.17) is 0 Å². The zero-order valence-electron chi connectivity index (χ0n) is 9.42. The molecule has 0 saturated heterocycles. The van der Waals surface area contributed by atoms with Crippen LogP contribution in [0.15, 0.2) is 18.5 Å². The molecule has 0 saturated carbocycles. The van der Waals surface area contributed by atoms with Crippen LogP contribution in [-0.4, -0.2) is 11.6 Å². The van der Waals surface area contributed by atoms with Crippen molar-refractivity contribution >= 4 is 0 Å². The molecule has 0 amide bonds. The van der Waals surface area contributed by atoms with Crippen LogP contribution in [0, 0.1) is 0 Å². The topological polar surface area (TPSA) is 17.0 Å². The minimum atomic E-state index is 0.974. The van der Waals surface area contributed by atoms with E-state index in [1.807, 2.05) is 7.05 Å². The van der Waals surface area contributed by atoms with E-state index in [1.165, 1.54) is 37.8 Å². The molecule has 1 aromatic rings. The Bertz CT molecular complexity index is 240. The van der Waals surface area contributed by atoms with Crippen LogP contribution in [-0.2, 0) is 13.1 Å². The fraction of sp³-hybridized carbons (Fsp3) is 0.667. The molecular formula is C12H22N2. The summed E-state index contributed by atoms with van der Waals surface area (Å²) in [4.78, 5) is 0. The van der Waals surface area contributed by atoms with Crippen molar-refractivity contribution in [3.63, 3.8) is 0 Å². The van der Waals surface area contributed by atoms with Crippen LogP contribution in [0.3, 0.4) is 0 Å². The van der Waals surface area contributed by atoms with Crippen LogP contribution in [0.5, 0.6) is 0 Å². The van der Waals surface area contributed by atoms with Crippen LogP contribution >= 0.6 is 0 Å². The number of hydrogen-bond acceptors (Lipinski definition) is 1. The van der Waals surface area contributed by atoms with Crippen LogP contribution in [0.25, 0.3) is 0 Å². The molecule has 1 rings (SSSR count). The van der Waals surface area contributed by atoms with Crippen LogP contribution in [0.4, 0.5) is 0 Å². The highest BCUT2D eigenvalue weighted by Gasteiger charge is 1.95. The predicted molar refractivity (Wildman–Crippen MR) is 61.3 cm³/mol. The van der Waals surface area contributed by atoms with Crippen molar-refractivity contribution in [3.8, 4) is 0 Å². The molecule has 0 bridgehead atoms. The first-order valence-corrected chi connectivity index (χ1v) is 5.66. The highest BCUT2D eigenvalue weighted by atomic mass is 14.9. The summed E-state index contributed by atoms with van der Waals surface area (Å²) in [5, 5.41) is 3.16. The Labute approximate surface area is 87.3 Å². The van der Waals surface area contributed by atoms with E-state index >= 15 is 0 Å². The molecule has 0 aliphatic carbocycles. The summed E-state index contributed by atoms with van der Waals surface area (Å²) in [6.07, 6.45) is 9.76. The summed E-state index contributed by atoms with van der Waals surface area (Å²) >= 11 is 0. The lowest BCUT2D eigenvalue weighted by molar-refractivity contribution is 0.583. The van der Waals surface area contributed by atoms with Gasteiger partial charge in [-0.25, -0.2) is 0 Å². The standard InChI is InChI=1S/C12H22N2/c1-3-4-5-6-8-14-9-7-12(11-14)10-13-2/h7,9,11,13H,3-6,8,10H2,1-2H3. The lowest BCUT2D eigenvalue weighted by Crippen LogP contribution is -2.04. The minimum Gasteiger partial charge on any atom is -0.354 e. The van der Waals surface area contributed by atoms with Gasteiger partial charge in [0.25, 0.3) is 0 Å². The molecule has 1 N–H and O–H groups in total. The zero-order chi connectivity index (χ0) is 10.2. The van der Waals surface area contributed by atoms with Gasteiger partial charge in [0.05, 0.1) is 0 Å². The van der Waals surface area contributed by atoms with Crippen molar-refractivity contribution in [2.75, 3.05) is 7.05 Å². The van der Waals surface area contributed by atoms with Gasteiger partial charge in [0.2, 0.25) is 0 Å². The molecule has 0 unspecified atom stereocenters. The van der Waals surface area contributed by atoms with Crippen molar-refractivity contribution in [2.24, 2.45) is 0 Å². The van der Waals surface area contributed by atoms with Gasteiger partial charge in [-0.15, -0.1) is 0 Å². The number of rotatable bonds is 7. The van der Waals surface area contributed by atoms with Crippen molar-refractivity contribution in [2.45, 2.75) is 45.7 Å². The molecule has 2 heteroatoms. The molecule has 2 nitrogen and oxygen atoms in total. The van der Waals surface area contributed by atoms with Gasteiger partial charge >= 0.3 is 0 Å². The van der Waals surface area contributed by atoms with E-state index in [1.54, 1.807) is 0 Å². The SMILES string of the molecule is CCCCCCn1ccc(CNC)c1. The van der Waals surface area contributed by atoms with Crippen molar-refractivity contribution in [3.05, 3.63) is 24.0 Å². The van der Waals surface area contributed by atoms with Gasteiger partial charge in [-0.3, -0.25) is 0 Å². The van der Waals surface area contributed by atoms with Gasteiger partial charge in [-0.1, -0.05) is 26.2 Å². The normalized spacial score (nSPS) is 10.7. The number of aromatic nitrogens is 1. The molecule has 14 heavy (non-hydrogen) atoms. The van der Waals surface area contributed by atoms with Crippen LogP contribution in [0.2, 0.25) is 0 Å². The van der Waals surface area contributed by atoms with Crippen molar-refractivity contribution < 1.29 is 0 Å². The highest BCUT2D eigenvalue weighted by molar-refractivity contribution is 5.09. The monoisotopic (exact) mass is 194 g/mol. The Morgan fingerprint density at radius 2 is 2.14 bits per heavy atom. The van der Waals surface area contributed by atoms with Crippen molar-refractivity contribution in [1.82, 2.24) is 9.88 Å². The maximum absolute atomic E-state index is 3.16. The first-order valence-electron chi connectivity index (χ1n) is 5.66. The Morgan fingerprint density at radius 1 is 1.29 bits per heavy atom. The summed E-state index contributed by atoms with van der Waals surface area (Å²) in [6, 6.07) is 2.19. The third-order valence-corrected chi connectivity index (χ3v) is 2.46. The second-order valence-electron chi connectivity index (χ2n) is 3.85. The third-order valence-electron chi connectivity index (χ3n) is 2.46. The Kier molecular flexibility index (Phi) is 5.38. The average Bonchev–Trinajstić information content (AvgIpc) is 2.61. The lowest BCUT2D eigenvalue weighted by atomic mass is 10.2. The van der Waals surface area contributed by atoms with Gasteiger partial charge in [-0.2, -0.15) is 0 Å². The predicted octanol–water partition coefficient (Wildman–Crippen LogP) is 2.79. The Morgan fingerprint density at radius 3 is 2.86 bits per heavy atom. The quantitative estimate of drug-likeness (QED) is 0.660. The zero-order valence-corrected chi connectivity index (χ0v) is 9.42. The Balaban J connectivity index is 2.22. The van der Waals surface area contributed by atoms with E-state index in [0.717, 1.165) is 6.54 Å². The van der Waals surface area contributed by atoms with Crippen molar-refractivity contribution in [1.29, 1.82) is 0 Å². The molecule has 0 aliphatic heterocycles. The maximum Gasteiger partial charge on any atom is 0.0219 e. The minimum absolute atomic E-state index is 0.974. The smallest absolute Gasteiger partial charge is 0.0219 e. The fourth-order valence-electron chi connectivity index (χ4n) is 1.66. The van der Waals surface area contributed by atoms with Gasteiger partial charge in [0, 0.05) is 25.5 Å². The summed E-state index contributed by atoms with van der Waals surface area (Å²) in [7, 11) is 1.98. The molecule has 0 radical (unpaired) electrons. The van der Waals surface area contributed by atoms with E-state index in [0.29, 0.717) is 0 Å². The average molecular weight is 194 g/mol. The number of aryl methyl sites for hydroxylation is 1. The van der Waals surface area contributed by atoms with Gasteiger partial charge in [-0.05, 0) is 25.1 Å². The van der Waals surface area contributed by atoms with E-state index in [-0.39, 0.29) is 0 Å². The molecule has 0 atom stereocenters. The molecule has 1 heterocycles. The van der Waals surface area contributed by atoms with E-state index in [9.17, 15) is 0 Å². The van der Waals surface area contributed by atoms with Crippen LogP contribution < -0.4 is 5.32 Å². The molecular weight excluding hydrogens is 172 g/mol. The number of nitrogens with one attached hydrogen (secondary N) is 1. The molecule has 1 aromatic heterocycles. The van der Waals surface area contributed by atoms with E-state index < -0.39 is 0 Å². The van der Waals surface area contributed by atoms with Gasteiger partial charge in [0.15, 0.2) is 0 Å². The number of hydrogen-bond donors (Lipinski definition) is 1. The lowest BCUT2D eigenvalue weighted by Gasteiger charge is -2.01. The van der Waals surface area contributed by atoms with E-state index in [2.05, 4.69) is 35.3 Å². The first kappa shape index (κ1) is 11.3. The second-order valence-corrected chi connectivity index (χ2v) is 3.85. The third kappa shape index (κ3) is 3.97. The molecule has 0 aliphatic rings. The molecule has 80 valence electrons. The summed E-state index contributed by atoms with van der Waals surface area (Å²) in [5.41, 5.74) is 1.38. The molecule has 0 spiro atoms. The maximum atomic E-state index is 3.16. The second kappa shape index (κ2) is 6.66. The first-order chi connectivity index (χ1) is 6.86. The summed E-state index contributed by atoms with van der Waals surface area (Å²) in [5.74, 6) is 0. The van der Waals surface area contributed by atoms with Crippen LogP contribution in [0.1, 0.15) is 38.2 Å². The number of nitrogens with zero attached hydrogens (tertiary/aromatic N) is 1. The number of unbranched alkanes of at least 4 members (excludes halogenated alkanes) is 3. The fourth-order valence-corrected chi connectivity index (χ4v) is 1.66.